The Labute approximate surface area is 211 Å². The van der Waals surface area contributed by atoms with Crippen LogP contribution >= 0.6 is 0 Å². The Hall–Kier alpha value is -3.52. The fraction of sp³-hybridized carbons (Fsp3) is 0.429. The molecule has 8 nitrogen and oxygen atoms in total. The van der Waals surface area contributed by atoms with E-state index in [2.05, 4.69) is 44.1 Å². The fourth-order valence-corrected chi connectivity index (χ4v) is 5.91. The quantitative estimate of drug-likeness (QED) is 0.346. The molecule has 0 saturated heterocycles. The van der Waals surface area contributed by atoms with E-state index in [-0.39, 0.29) is 17.9 Å². The van der Waals surface area contributed by atoms with Crippen LogP contribution in [-0.4, -0.2) is 30.5 Å². The number of hydrogen-bond acceptors (Lipinski definition) is 7. The molecule has 2 saturated carbocycles. The minimum absolute atomic E-state index is 0.134. The summed E-state index contributed by atoms with van der Waals surface area (Å²) >= 11 is 0. The lowest BCUT2D eigenvalue weighted by atomic mass is 9.84. The van der Waals surface area contributed by atoms with Gasteiger partial charge in [0.25, 0.3) is 0 Å². The molecular formula is C28H34N8. The number of pyridine rings is 1. The molecule has 3 aromatic heterocycles. The summed E-state index contributed by atoms with van der Waals surface area (Å²) in [6.07, 6.45) is 11.1. The predicted molar refractivity (Wildman–Crippen MR) is 143 cm³/mol. The van der Waals surface area contributed by atoms with Gasteiger partial charge in [-0.1, -0.05) is 56.0 Å². The normalized spacial score (nSPS) is 20.7. The van der Waals surface area contributed by atoms with Gasteiger partial charge in [0.1, 0.15) is 5.82 Å². The van der Waals surface area contributed by atoms with Crippen molar-refractivity contribution in [1.82, 2.24) is 24.5 Å². The SMILES string of the molecule is Nc1nc(NCc2ccc(-c3ccccn3)cc2)c2nc(C3CCCCC3N)n(C3CCCC3)c2n1. The first-order chi connectivity index (χ1) is 17.7. The van der Waals surface area contributed by atoms with Crippen LogP contribution in [0.15, 0.2) is 48.7 Å². The van der Waals surface area contributed by atoms with Crippen LogP contribution in [-0.2, 0) is 6.54 Å². The molecule has 2 unspecified atom stereocenters. The molecule has 6 rings (SSSR count). The molecule has 4 aromatic rings. The van der Waals surface area contributed by atoms with Crippen LogP contribution in [0.4, 0.5) is 11.8 Å². The van der Waals surface area contributed by atoms with Crippen molar-refractivity contribution >= 4 is 22.9 Å². The molecule has 1 aromatic carbocycles. The molecule has 36 heavy (non-hydrogen) atoms. The highest BCUT2D eigenvalue weighted by Gasteiger charge is 2.33. The van der Waals surface area contributed by atoms with Crippen LogP contribution in [0.2, 0.25) is 0 Å². The average molecular weight is 483 g/mol. The molecule has 2 atom stereocenters. The third kappa shape index (κ3) is 4.41. The van der Waals surface area contributed by atoms with Crippen molar-refractivity contribution in [1.29, 1.82) is 0 Å². The smallest absolute Gasteiger partial charge is 0.224 e. The van der Waals surface area contributed by atoms with Crippen LogP contribution in [0.25, 0.3) is 22.4 Å². The molecule has 2 aliphatic rings. The molecule has 0 aliphatic heterocycles. The second-order valence-electron chi connectivity index (χ2n) is 10.2. The van der Waals surface area contributed by atoms with E-state index in [1.54, 1.807) is 0 Å². The molecule has 0 spiro atoms. The van der Waals surface area contributed by atoms with Crippen molar-refractivity contribution < 1.29 is 0 Å². The second-order valence-corrected chi connectivity index (χ2v) is 10.2. The highest BCUT2D eigenvalue weighted by Crippen LogP contribution is 2.40. The lowest BCUT2D eigenvalue weighted by molar-refractivity contribution is 0.354. The highest BCUT2D eigenvalue weighted by molar-refractivity contribution is 5.85. The Balaban J connectivity index is 1.32. The first-order valence-corrected chi connectivity index (χ1v) is 13.2. The lowest BCUT2D eigenvalue weighted by Crippen LogP contribution is -2.33. The van der Waals surface area contributed by atoms with Gasteiger partial charge in [0, 0.05) is 36.3 Å². The molecule has 0 bridgehead atoms. The Morgan fingerprint density at radius 3 is 2.42 bits per heavy atom. The second kappa shape index (κ2) is 9.85. The summed E-state index contributed by atoms with van der Waals surface area (Å²) in [7, 11) is 0. The van der Waals surface area contributed by atoms with Crippen molar-refractivity contribution in [3.8, 4) is 11.3 Å². The number of nitrogens with zero attached hydrogens (tertiary/aromatic N) is 5. The maximum atomic E-state index is 6.62. The molecule has 5 N–H and O–H groups in total. The summed E-state index contributed by atoms with van der Waals surface area (Å²) in [4.78, 5) is 18.9. The van der Waals surface area contributed by atoms with E-state index in [1.165, 1.54) is 25.7 Å². The molecular weight excluding hydrogens is 448 g/mol. The number of nitrogens with one attached hydrogen (secondary N) is 1. The molecule has 2 aliphatic carbocycles. The largest absolute Gasteiger partial charge is 0.368 e. The summed E-state index contributed by atoms with van der Waals surface area (Å²) in [5.41, 5.74) is 17.7. The number of anilines is 2. The average Bonchev–Trinajstić information content (AvgIpc) is 3.56. The number of imidazole rings is 1. The molecule has 186 valence electrons. The number of hydrogen-bond donors (Lipinski definition) is 3. The summed E-state index contributed by atoms with van der Waals surface area (Å²) in [5, 5.41) is 3.50. The molecule has 8 heteroatoms. The van der Waals surface area contributed by atoms with Gasteiger partial charge in [-0.15, -0.1) is 0 Å². The van der Waals surface area contributed by atoms with Crippen LogP contribution in [0, 0.1) is 0 Å². The van der Waals surface area contributed by atoms with E-state index < -0.39 is 0 Å². The van der Waals surface area contributed by atoms with E-state index in [0.29, 0.717) is 18.4 Å². The molecule has 0 amide bonds. The lowest BCUT2D eigenvalue weighted by Gasteiger charge is -2.29. The topological polar surface area (TPSA) is 121 Å². The van der Waals surface area contributed by atoms with E-state index in [1.807, 2.05) is 24.4 Å². The zero-order valence-electron chi connectivity index (χ0n) is 20.6. The minimum atomic E-state index is 0.134. The molecule has 3 heterocycles. The standard InChI is InChI=1S/C28H34N8/c29-22-10-4-3-9-21(22)26-33-24-25(34-28(30)35-27(24)36(26)20-7-1-2-8-20)32-17-18-12-14-19(15-13-18)23-11-5-6-16-31-23/h5-6,11-16,20-22H,1-4,7-10,17,29H2,(H3,30,32,34,35). The van der Waals surface area contributed by atoms with Crippen molar-refractivity contribution in [2.24, 2.45) is 5.73 Å². The van der Waals surface area contributed by atoms with Crippen LogP contribution < -0.4 is 16.8 Å². The highest BCUT2D eigenvalue weighted by atomic mass is 15.2. The van der Waals surface area contributed by atoms with Crippen LogP contribution in [0.3, 0.4) is 0 Å². The first-order valence-electron chi connectivity index (χ1n) is 13.2. The van der Waals surface area contributed by atoms with Crippen molar-refractivity contribution in [3.05, 3.63) is 60.0 Å². The fourth-order valence-electron chi connectivity index (χ4n) is 5.91. The summed E-state index contributed by atoms with van der Waals surface area (Å²) in [6.45, 7) is 0.614. The van der Waals surface area contributed by atoms with Gasteiger partial charge in [0.05, 0.1) is 5.69 Å². The van der Waals surface area contributed by atoms with Gasteiger partial charge in [0.2, 0.25) is 5.95 Å². The van der Waals surface area contributed by atoms with Gasteiger partial charge >= 0.3 is 0 Å². The monoisotopic (exact) mass is 482 g/mol. The maximum Gasteiger partial charge on any atom is 0.224 e. The van der Waals surface area contributed by atoms with Crippen LogP contribution in [0.5, 0.6) is 0 Å². The third-order valence-electron chi connectivity index (χ3n) is 7.80. The zero-order valence-corrected chi connectivity index (χ0v) is 20.6. The number of fused-ring (bicyclic) bond motifs is 1. The molecule has 0 radical (unpaired) electrons. The minimum Gasteiger partial charge on any atom is -0.368 e. The summed E-state index contributed by atoms with van der Waals surface area (Å²) < 4.78 is 2.36. The number of nitrogen functional groups attached to an aromatic ring is 1. The van der Waals surface area contributed by atoms with E-state index in [0.717, 1.165) is 59.5 Å². The van der Waals surface area contributed by atoms with E-state index in [9.17, 15) is 0 Å². The predicted octanol–water partition coefficient (Wildman–Crippen LogP) is 5.18. The Morgan fingerprint density at radius 1 is 0.889 bits per heavy atom. The Bertz CT molecular complexity index is 1330. The summed E-state index contributed by atoms with van der Waals surface area (Å²) in [6, 6.07) is 14.9. The van der Waals surface area contributed by atoms with E-state index >= 15 is 0 Å². The van der Waals surface area contributed by atoms with Crippen LogP contribution in [0.1, 0.15) is 74.7 Å². The number of aromatic nitrogens is 5. The first kappa shape index (κ1) is 22.9. The summed E-state index contributed by atoms with van der Waals surface area (Å²) in [5.74, 6) is 2.29. The van der Waals surface area contributed by atoms with Gasteiger partial charge < -0.3 is 21.4 Å². The van der Waals surface area contributed by atoms with Gasteiger partial charge in [-0.2, -0.15) is 9.97 Å². The van der Waals surface area contributed by atoms with E-state index in [4.69, 9.17) is 21.4 Å². The van der Waals surface area contributed by atoms with Crippen molar-refractivity contribution in [3.63, 3.8) is 0 Å². The van der Waals surface area contributed by atoms with Crippen molar-refractivity contribution in [2.75, 3.05) is 11.1 Å². The third-order valence-corrected chi connectivity index (χ3v) is 7.80. The number of nitrogens with two attached hydrogens (primary N) is 2. The van der Waals surface area contributed by atoms with Gasteiger partial charge in [-0.25, -0.2) is 4.98 Å². The maximum absolute atomic E-state index is 6.62. The Morgan fingerprint density at radius 2 is 1.67 bits per heavy atom. The van der Waals surface area contributed by atoms with Gasteiger partial charge in [0.15, 0.2) is 17.0 Å². The number of benzene rings is 1. The zero-order chi connectivity index (χ0) is 24.5. The molecule has 2 fully saturated rings. The van der Waals surface area contributed by atoms with Gasteiger partial charge in [-0.3, -0.25) is 4.98 Å². The number of rotatable bonds is 6. The van der Waals surface area contributed by atoms with Gasteiger partial charge in [-0.05, 0) is 43.4 Å². The van der Waals surface area contributed by atoms with Crippen molar-refractivity contribution in [2.45, 2.75) is 75.9 Å². The Kier molecular flexibility index (Phi) is 6.27.